The number of halogens is 1. The Morgan fingerprint density at radius 3 is 2.29 bits per heavy atom. The minimum Gasteiger partial charge on any atom is -0.490 e. The van der Waals surface area contributed by atoms with E-state index in [4.69, 9.17) is 4.74 Å². The normalized spacial score (nSPS) is 19.7. The fourth-order valence-electron chi connectivity index (χ4n) is 7.09. The first-order valence-electron chi connectivity index (χ1n) is 18.3. The molecule has 4 amide bonds. The number of ether oxygens (including phenoxy) is 1. The van der Waals surface area contributed by atoms with Gasteiger partial charge < -0.3 is 25.6 Å². The number of hydrogen-bond donors (Lipinski definition) is 3. The lowest BCUT2D eigenvalue weighted by atomic mass is 9.79. The van der Waals surface area contributed by atoms with Gasteiger partial charge in [0.05, 0.1) is 5.69 Å². The third-order valence-corrected chi connectivity index (χ3v) is 10.3. The molecule has 51 heavy (non-hydrogen) atoms. The fraction of sp³-hybridized carbons (Fsp3) is 0.513. The molecule has 2 heterocycles. The van der Waals surface area contributed by atoms with E-state index < -0.39 is 35.6 Å². The first-order chi connectivity index (χ1) is 24.6. The molecule has 2 fully saturated rings. The van der Waals surface area contributed by atoms with Crippen LogP contribution in [0.15, 0.2) is 60.8 Å². The van der Waals surface area contributed by atoms with Gasteiger partial charge in [0.2, 0.25) is 17.7 Å². The molecule has 1 saturated carbocycles. The van der Waals surface area contributed by atoms with E-state index >= 15 is 4.39 Å². The molecule has 2 aliphatic rings. The van der Waals surface area contributed by atoms with Crippen molar-refractivity contribution < 1.29 is 28.3 Å². The van der Waals surface area contributed by atoms with Crippen molar-refractivity contribution in [2.45, 2.75) is 103 Å². The summed E-state index contributed by atoms with van der Waals surface area (Å²) < 4.78 is 23.4. The molecule has 2 aromatic carbocycles. The Balaban J connectivity index is 1.27. The van der Waals surface area contributed by atoms with Crippen molar-refractivity contribution in [3.8, 4) is 5.75 Å². The summed E-state index contributed by atoms with van der Waals surface area (Å²) in [5.74, 6) is -1.43. The van der Waals surface area contributed by atoms with Gasteiger partial charge in [0.25, 0.3) is 5.91 Å². The second kappa shape index (κ2) is 17.5. The van der Waals surface area contributed by atoms with Gasteiger partial charge in [0.15, 0.2) is 0 Å². The second-order valence-electron chi connectivity index (χ2n) is 13.9. The molecule has 1 aliphatic carbocycles. The monoisotopic (exact) mass is 702 g/mol. The molecular weight excluding hydrogens is 651 g/mol. The Morgan fingerprint density at radius 1 is 0.941 bits per heavy atom. The zero-order valence-corrected chi connectivity index (χ0v) is 30.1. The van der Waals surface area contributed by atoms with Crippen LogP contribution in [-0.2, 0) is 20.9 Å². The predicted octanol–water partition coefficient (Wildman–Crippen LogP) is 5.67. The number of carbonyl (C=O) groups excluding carboxylic acids is 4. The number of aromatic nitrogens is 2. The quantitative estimate of drug-likeness (QED) is 0.210. The molecule has 0 spiro atoms. The van der Waals surface area contributed by atoms with Crippen molar-refractivity contribution >= 4 is 29.3 Å². The average molecular weight is 703 g/mol. The maximum absolute atomic E-state index is 15.8. The lowest BCUT2D eigenvalue weighted by Gasteiger charge is -2.36. The third kappa shape index (κ3) is 9.53. The first-order valence-corrected chi connectivity index (χ1v) is 18.3. The number of nitrogens with zero attached hydrogens (tertiary/aromatic N) is 3. The molecule has 3 atom stereocenters. The van der Waals surface area contributed by atoms with Crippen LogP contribution >= 0.6 is 0 Å². The minimum atomic E-state index is -0.909. The topological polar surface area (TPSA) is 135 Å². The summed E-state index contributed by atoms with van der Waals surface area (Å²) in [4.78, 5) is 55.2. The molecule has 12 heteroatoms. The van der Waals surface area contributed by atoms with E-state index in [1.165, 1.54) is 12.1 Å². The van der Waals surface area contributed by atoms with Crippen molar-refractivity contribution in [1.29, 1.82) is 0 Å². The number of likely N-dealkylation sites (tertiary alicyclic amines) is 1. The van der Waals surface area contributed by atoms with Crippen LogP contribution in [-0.4, -0.2) is 69.6 Å². The molecule has 5 rings (SSSR count). The highest BCUT2D eigenvalue weighted by Crippen LogP contribution is 2.32. The molecule has 1 aliphatic heterocycles. The van der Waals surface area contributed by atoms with Crippen LogP contribution in [0.5, 0.6) is 5.75 Å². The summed E-state index contributed by atoms with van der Waals surface area (Å²) in [6.45, 7) is 9.00. The SMILES string of the molecule is CCC(=O)N[C@@H](C(=O)N1CCC(Oc2ccccc2)CC1)[C@@H](C)c1ccc(NC(=O)[C@@H](NC(=O)c2ccnn2CC)[C@H]2CC[C@H](C)CC2)c(F)c1. The van der Waals surface area contributed by atoms with Gasteiger partial charge in [0, 0.05) is 51.0 Å². The summed E-state index contributed by atoms with van der Waals surface area (Å²) in [5.41, 5.74) is 0.827. The summed E-state index contributed by atoms with van der Waals surface area (Å²) >= 11 is 0. The zero-order valence-electron chi connectivity index (χ0n) is 30.1. The van der Waals surface area contributed by atoms with E-state index in [2.05, 4.69) is 28.0 Å². The maximum atomic E-state index is 15.8. The standard InChI is InChI=1S/C39H51FN6O5/c1-5-34(47)43-35(39(50)45-22-19-30(20-23-45)51-29-10-8-7-9-11-29)26(4)28-16-17-32(31(40)24-28)42-38(49)36(27-14-12-25(3)13-15-27)44-37(48)33-18-21-41-46(33)6-2/h7-11,16-18,21,24-27,30,35-36H,5-6,12-15,19-20,22-23H2,1-4H3,(H,42,49)(H,43,47)(H,44,48)/t25-,26-,27-,35+,36-/m0/s1. The zero-order chi connectivity index (χ0) is 36.5. The third-order valence-electron chi connectivity index (χ3n) is 10.3. The largest absolute Gasteiger partial charge is 0.490 e. The summed E-state index contributed by atoms with van der Waals surface area (Å²) in [6, 6.07) is 13.9. The molecule has 0 radical (unpaired) electrons. The number of anilines is 1. The molecule has 11 nitrogen and oxygen atoms in total. The molecular formula is C39H51FN6O5. The number of benzene rings is 2. The number of aryl methyl sites for hydroxylation is 1. The van der Waals surface area contributed by atoms with Gasteiger partial charge >= 0.3 is 0 Å². The van der Waals surface area contributed by atoms with Gasteiger partial charge in [-0.1, -0.05) is 57.9 Å². The highest BCUT2D eigenvalue weighted by molar-refractivity contribution is 6.00. The Bertz CT molecular complexity index is 1650. The maximum Gasteiger partial charge on any atom is 0.270 e. The van der Waals surface area contributed by atoms with Gasteiger partial charge in [-0.2, -0.15) is 5.10 Å². The van der Waals surface area contributed by atoms with E-state index in [1.807, 2.05) is 37.3 Å². The van der Waals surface area contributed by atoms with Crippen LogP contribution in [0.3, 0.4) is 0 Å². The van der Waals surface area contributed by atoms with Crippen molar-refractivity contribution in [2.24, 2.45) is 11.8 Å². The number of carbonyl (C=O) groups is 4. The molecule has 274 valence electrons. The minimum absolute atomic E-state index is 0.0242. The number of amides is 4. The Kier molecular flexibility index (Phi) is 12.8. The smallest absolute Gasteiger partial charge is 0.270 e. The van der Waals surface area contributed by atoms with E-state index in [9.17, 15) is 19.2 Å². The number of hydrogen-bond acceptors (Lipinski definition) is 6. The summed E-state index contributed by atoms with van der Waals surface area (Å²) in [7, 11) is 0. The fourth-order valence-corrected chi connectivity index (χ4v) is 7.09. The molecule has 0 unspecified atom stereocenters. The summed E-state index contributed by atoms with van der Waals surface area (Å²) in [5, 5.41) is 12.7. The van der Waals surface area contributed by atoms with E-state index in [1.54, 1.807) is 41.8 Å². The van der Waals surface area contributed by atoms with Crippen molar-refractivity contribution in [3.05, 3.63) is 77.9 Å². The van der Waals surface area contributed by atoms with Crippen LogP contribution < -0.4 is 20.7 Å². The van der Waals surface area contributed by atoms with Gasteiger partial charge in [0.1, 0.15) is 35.4 Å². The van der Waals surface area contributed by atoms with Crippen molar-refractivity contribution in [2.75, 3.05) is 18.4 Å². The lowest BCUT2D eigenvalue weighted by Crippen LogP contribution is -2.53. The Morgan fingerprint density at radius 2 is 1.65 bits per heavy atom. The van der Waals surface area contributed by atoms with Gasteiger partial charge in [-0.3, -0.25) is 23.9 Å². The molecule has 3 aromatic rings. The average Bonchev–Trinajstić information content (AvgIpc) is 3.63. The second-order valence-corrected chi connectivity index (χ2v) is 13.9. The Hall–Kier alpha value is -4.74. The van der Waals surface area contributed by atoms with E-state index in [0.29, 0.717) is 49.7 Å². The van der Waals surface area contributed by atoms with E-state index in [-0.39, 0.29) is 35.9 Å². The predicted molar refractivity (Wildman–Crippen MR) is 193 cm³/mol. The summed E-state index contributed by atoms with van der Waals surface area (Å²) in [6.07, 6.45) is 6.42. The molecule has 0 bridgehead atoms. The van der Waals surface area contributed by atoms with Crippen LogP contribution in [0.1, 0.15) is 94.6 Å². The lowest BCUT2D eigenvalue weighted by molar-refractivity contribution is -0.138. The molecule has 1 saturated heterocycles. The van der Waals surface area contributed by atoms with Crippen LogP contribution in [0.2, 0.25) is 0 Å². The van der Waals surface area contributed by atoms with Gasteiger partial charge in [-0.25, -0.2) is 4.39 Å². The van der Waals surface area contributed by atoms with Gasteiger partial charge in [-0.15, -0.1) is 0 Å². The number of rotatable bonds is 13. The number of nitrogens with one attached hydrogen (secondary N) is 3. The van der Waals surface area contributed by atoms with Crippen molar-refractivity contribution in [3.63, 3.8) is 0 Å². The van der Waals surface area contributed by atoms with Gasteiger partial charge in [-0.05, 0) is 67.5 Å². The van der Waals surface area contributed by atoms with Crippen LogP contribution in [0.25, 0.3) is 0 Å². The molecule has 3 N–H and O–H groups in total. The van der Waals surface area contributed by atoms with Crippen molar-refractivity contribution in [1.82, 2.24) is 25.3 Å². The van der Waals surface area contributed by atoms with Crippen LogP contribution in [0.4, 0.5) is 10.1 Å². The van der Waals surface area contributed by atoms with E-state index in [0.717, 1.165) is 31.4 Å². The highest BCUT2D eigenvalue weighted by Gasteiger charge is 2.36. The number of piperidine rings is 1. The highest BCUT2D eigenvalue weighted by atomic mass is 19.1. The number of para-hydroxylation sites is 1. The first kappa shape index (κ1) is 37.5. The molecule has 1 aromatic heterocycles. The Labute approximate surface area is 299 Å². The van der Waals surface area contributed by atoms with Crippen LogP contribution in [0, 0.1) is 17.7 Å².